The van der Waals surface area contributed by atoms with Gasteiger partial charge < -0.3 is 20.6 Å². The third kappa shape index (κ3) is 2.92. The zero-order valence-corrected chi connectivity index (χ0v) is 12.7. The molecule has 0 spiro atoms. The standard InChI is InChI=1S/C12H21N7O2/c1-12(2,3)21-11(20)19-5-7-8(6-19)18(4)10(15-7)9(16-13)17-14/h5-6,13-14H2,1-4H3,(H,16,17). The number of amidine groups is 1. The Morgan fingerprint density at radius 2 is 2.10 bits per heavy atom. The molecule has 0 radical (unpaired) electrons. The van der Waals surface area contributed by atoms with Crippen LogP contribution in [0.4, 0.5) is 4.79 Å². The van der Waals surface area contributed by atoms with Gasteiger partial charge in [-0.3, -0.25) is 4.90 Å². The number of amides is 1. The molecular weight excluding hydrogens is 274 g/mol. The van der Waals surface area contributed by atoms with Crippen LogP contribution in [0.5, 0.6) is 0 Å². The number of carbonyl (C=O) groups is 1. The van der Waals surface area contributed by atoms with Crippen LogP contribution in [0.1, 0.15) is 38.0 Å². The Hall–Kier alpha value is -2.29. The number of nitrogens with one attached hydrogen (secondary N) is 1. The van der Waals surface area contributed by atoms with Crippen LogP contribution in [0.25, 0.3) is 0 Å². The van der Waals surface area contributed by atoms with Crippen molar-refractivity contribution in [2.45, 2.75) is 39.5 Å². The van der Waals surface area contributed by atoms with Crippen molar-refractivity contribution >= 4 is 11.9 Å². The minimum atomic E-state index is -0.521. The fraction of sp³-hybridized carbons (Fsp3) is 0.583. The average Bonchev–Trinajstić information content (AvgIpc) is 2.91. The van der Waals surface area contributed by atoms with Crippen molar-refractivity contribution < 1.29 is 9.53 Å². The van der Waals surface area contributed by atoms with E-state index in [0.717, 1.165) is 11.4 Å². The summed E-state index contributed by atoms with van der Waals surface area (Å²) < 4.78 is 7.17. The highest BCUT2D eigenvalue weighted by atomic mass is 16.6. The van der Waals surface area contributed by atoms with Crippen LogP contribution in [0.3, 0.4) is 0 Å². The molecule has 1 aromatic heterocycles. The van der Waals surface area contributed by atoms with Gasteiger partial charge >= 0.3 is 6.09 Å². The zero-order chi connectivity index (χ0) is 15.8. The first-order chi connectivity index (χ1) is 9.76. The Kier molecular flexibility index (Phi) is 3.77. The van der Waals surface area contributed by atoms with E-state index in [1.165, 1.54) is 0 Å². The third-order valence-electron chi connectivity index (χ3n) is 3.11. The number of imidazole rings is 1. The second kappa shape index (κ2) is 5.24. The lowest BCUT2D eigenvalue weighted by Crippen LogP contribution is -2.36. The lowest BCUT2D eigenvalue weighted by molar-refractivity contribution is 0.0237. The van der Waals surface area contributed by atoms with Crippen molar-refractivity contribution in [3.63, 3.8) is 0 Å². The molecule has 9 heteroatoms. The Morgan fingerprint density at radius 3 is 2.57 bits per heavy atom. The molecule has 5 N–H and O–H groups in total. The molecule has 2 heterocycles. The van der Waals surface area contributed by atoms with Crippen LogP contribution in [0.15, 0.2) is 5.10 Å². The smallest absolute Gasteiger partial charge is 0.410 e. The molecule has 0 bridgehead atoms. The maximum Gasteiger partial charge on any atom is 0.410 e. The zero-order valence-electron chi connectivity index (χ0n) is 12.7. The van der Waals surface area contributed by atoms with Gasteiger partial charge in [-0.2, -0.15) is 5.10 Å². The fourth-order valence-corrected chi connectivity index (χ4v) is 2.16. The van der Waals surface area contributed by atoms with Gasteiger partial charge in [0.2, 0.25) is 5.84 Å². The second-order valence-corrected chi connectivity index (χ2v) is 5.85. The number of hydrogen-bond donors (Lipinski definition) is 3. The summed E-state index contributed by atoms with van der Waals surface area (Å²) in [4.78, 5) is 18.1. The number of hydrazine groups is 1. The fourth-order valence-electron chi connectivity index (χ4n) is 2.16. The number of hydrazone groups is 1. The lowest BCUT2D eigenvalue weighted by Gasteiger charge is -2.24. The number of nitrogens with two attached hydrogens (primary N) is 2. The molecule has 0 aromatic carbocycles. The van der Waals surface area contributed by atoms with Crippen molar-refractivity contribution in [2.75, 3.05) is 0 Å². The van der Waals surface area contributed by atoms with Crippen LogP contribution < -0.4 is 17.1 Å². The Labute approximate surface area is 122 Å². The topological polar surface area (TPSA) is 124 Å². The van der Waals surface area contributed by atoms with Gasteiger partial charge in [-0.25, -0.2) is 15.6 Å². The minimum absolute atomic E-state index is 0.288. The lowest BCUT2D eigenvalue weighted by atomic mass is 10.2. The SMILES string of the molecule is Cn1c(/C(=N/N)NN)nc2c1CN(C(=O)OC(C)(C)C)C2. The molecule has 0 fully saturated rings. The Morgan fingerprint density at radius 1 is 1.43 bits per heavy atom. The van der Waals surface area contributed by atoms with Gasteiger partial charge in [-0.05, 0) is 20.8 Å². The molecule has 0 atom stereocenters. The first-order valence-corrected chi connectivity index (χ1v) is 6.54. The van der Waals surface area contributed by atoms with Crippen molar-refractivity contribution in [3.05, 3.63) is 17.2 Å². The molecule has 9 nitrogen and oxygen atoms in total. The molecule has 1 aliphatic heterocycles. The van der Waals surface area contributed by atoms with E-state index in [-0.39, 0.29) is 11.9 Å². The highest BCUT2D eigenvalue weighted by molar-refractivity contribution is 5.95. The molecule has 1 amide bonds. The molecular formula is C12H21N7O2. The van der Waals surface area contributed by atoms with Crippen LogP contribution >= 0.6 is 0 Å². The van der Waals surface area contributed by atoms with E-state index in [4.69, 9.17) is 16.4 Å². The molecule has 1 aromatic rings. The maximum atomic E-state index is 12.1. The van der Waals surface area contributed by atoms with E-state index < -0.39 is 5.60 Å². The number of carbonyl (C=O) groups excluding carboxylic acids is 1. The summed E-state index contributed by atoms with van der Waals surface area (Å²) in [5, 5.41) is 3.55. The Bertz CT molecular complexity index is 585. The van der Waals surface area contributed by atoms with Crippen molar-refractivity contribution in [1.82, 2.24) is 19.9 Å². The van der Waals surface area contributed by atoms with Crippen LogP contribution in [-0.2, 0) is 24.9 Å². The number of fused-ring (bicyclic) bond motifs is 1. The predicted octanol–water partition coefficient (Wildman–Crippen LogP) is -0.246. The van der Waals surface area contributed by atoms with E-state index in [9.17, 15) is 4.79 Å². The van der Waals surface area contributed by atoms with Gasteiger partial charge in [0.1, 0.15) is 5.60 Å². The van der Waals surface area contributed by atoms with Crippen molar-refractivity contribution in [3.8, 4) is 0 Å². The summed E-state index contributed by atoms with van der Waals surface area (Å²) in [5.41, 5.74) is 3.57. The molecule has 0 saturated heterocycles. The third-order valence-corrected chi connectivity index (χ3v) is 3.11. The summed E-state index contributed by atoms with van der Waals surface area (Å²) in [6.45, 7) is 6.32. The van der Waals surface area contributed by atoms with Crippen molar-refractivity contribution in [1.29, 1.82) is 0 Å². The molecule has 116 valence electrons. The van der Waals surface area contributed by atoms with Gasteiger partial charge in [0.15, 0.2) is 5.82 Å². The summed E-state index contributed by atoms with van der Waals surface area (Å²) in [6.07, 6.45) is -0.355. The van der Waals surface area contributed by atoms with E-state index in [2.05, 4.69) is 15.5 Å². The predicted molar refractivity (Wildman–Crippen MR) is 76.7 cm³/mol. The number of nitrogens with zero attached hydrogens (tertiary/aromatic N) is 4. The highest BCUT2D eigenvalue weighted by Crippen LogP contribution is 2.24. The van der Waals surface area contributed by atoms with Crippen molar-refractivity contribution in [2.24, 2.45) is 23.8 Å². The first kappa shape index (κ1) is 15.1. The van der Waals surface area contributed by atoms with Gasteiger partial charge in [0.05, 0.1) is 24.5 Å². The first-order valence-electron chi connectivity index (χ1n) is 6.54. The summed E-state index contributed by atoms with van der Waals surface area (Å²) in [7, 11) is 1.82. The van der Waals surface area contributed by atoms with Crippen LogP contribution in [-0.4, -0.2) is 32.0 Å². The number of ether oxygens (including phenoxy) is 1. The summed E-state index contributed by atoms with van der Waals surface area (Å²) in [6, 6.07) is 0. The number of hydrogen-bond acceptors (Lipinski definition) is 6. The molecule has 0 aliphatic carbocycles. The molecule has 1 aliphatic rings. The van der Waals surface area contributed by atoms with Gasteiger partial charge in [0, 0.05) is 7.05 Å². The monoisotopic (exact) mass is 295 g/mol. The maximum absolute atomic E-state index is 12.1. The van der Waals surface area contributed by atoms with E-state index in [1.807, 2.05) is 32.4 Å². The number of aromatic nitrogens is 2. The quantitative estimate of drug-likeness (QED) is 0.284. The van der Waals surface area contributed by atoms with Gasteiger partial charge in [0.25, 0.3) is 0 Å². The minimum Gasteiger partial charge on any atom is -0.444 e. The molecule has 2 rings (SSSR count). The summed E-state index contributed by atoms with van der Waals surface area (Å²) >= 11 is 0. The normalized spacial score (nSPS) is 15.1. The number of rotatable bonds is 1. The Balaban J connectivity index is 2.17. The summed E-state index contributed by atoms with van der Waals surface area (Å²) in [5.74, 6) is 11.4. The molecule has 0 unspecified atom stereocenters. The average molecular weight is 295 g/mol. The van der Waals surface area contributed by atoms with Crippen LogP contribution in [0, 0.1) is 0 Å². The van der Waals surface area contributed by atoms with Gasteiger partial charge in [-0.15, -0.1) is 0 Å². The van der Waals surface area contributed by atoms with E-state index >= 15 is 0 Å². The van der Waals surface area contributed by atoms with Gasteiger partial charge in [-0.1, -0.05) is 0 Å². The van der Waals surface area contributed by atoms with E-state index in [1.54, 1.807) is 4.90 Å². The van der Waals surface area contributed by atoms with E-state index in [0.29, 0.717) is 18.9 Å². The van der Waals surface area contributed by atoms with Crippen LogP contribution in [0.2, 0.25) is 0 Å². The molecule has 0 saturated carbocycles. The highest BCUT2D eigenvalue weighted by Gasteiger charge is 2.32. The second-order valence-electron chi connectivity index (χ2n) is 5.85. The largest absolute Gasteiger partial charge is 0.444 e. The molecule has 21 heavy (non-hydrogen) atoms.